The number of fused-ring (bicyclic) bond motifs is 1. The highest BCUT2D eigenvalue weighted by Crippen LogP contribution is 2.39. The number of hydrogen-bond acceptors (Lipinski definition) is 8. The van der Waals surface area contributed by atoms with E-state index in [9.17, 15) is 4.79 Å². The molecule has 0 spiro atoms. The first-order chi connectivity index (χ1) is 17.9. The van der Waals surface area contributed by atoms with Crippen molar-refractivity contribution in [2.45, 2.75) is 75.3 Å². The molecule has 3 aromatic rings. The lowest BCUT2D eigenvalue weighted by Crippen LogP contribution is -2.49. The van der Waals surface area contributed by atoms with Crippen LogP contribution in [0.15, 0.2) is 24.5 Å². The fourth-order valence-corrected chi connectivity index (χ4v) is 5.23. The molecule has 1 amide bonds. The fourth-order valence-electron chi connectivity index (χ4n) is 5.23. The van der Waals surface area contributed by atoms with Crippen LogP contribution < -0.4 is 10.6 Å². The standard InChI is InChI=1S/C25H33FN8O3/c1-25(7-8-25)30-24(35)37-19-4-3-17(22(19)26)18-11-20(32-31-18)29-23-27-9-5-21-28-15(13-34(21)23)12-33-10-6-16(33)14-36-2/h5,9,11,13,16-17,19,22H,3-4,6-8,10,12,14H2,1-2H3,(H,30,35)(H2,27,29,31,32)/t16?,17-,19-,22+/m0/s1. The zero-order valence-corrected chi connectivity index (χ0v) is 21.1. The first-order valence-corrected chi connectivity index (χ1v) is 12.9. The second kappa shape index (κ2) is 9.56. The Morgan fingerprint density at radius 3 is 2.95 bits per heavy atom. The van der Waals surface area contributed by atoms with Crippen molar-refractivity contribution in [1.29, 1.82) is 0 Å². The third-order valence-corrected chi connectivity index (χ3v) is 7.82. The van der Waals surface area contributed by atoms with Crippen LogP contribution in [0.2, 0.25) is 0 Å². The number of halogens is 1. The molecule has 1 unspecified atom stereocenters. The predicted molar refractivity (Wildman–Crippen MR) is 133 cm³/mol. The lowest BCUT2D eigenvalue weighted by atomic mass is 10.0. The SMILES string of the molecule is COCC1CCN1Cc1cn2c(Nc3cc([C@@H]4CC[C@H](OC(=O)NC5(C)CC5)[C@@H]4F)[nH]n3)nccc2n1. The molecule has 3 fully saturated rings. The summed E-state index contributed by atoms with van der Waals surface area (Å²) >= 11 is 0. The predicted octanol–water partition coefficient (Wildman–Crippen LogP) is 3.28. The number of H-pyrrole nitrogens is 1. The topological polar surface area (TPSA) is 122 Å². The van der Waals surface area contributed by atoms with Gasteiger partial charge in [0.05, 0.1) is 12.3 Å². The molecule has 0 bridgehead atoms. The van der Waals surface area contributed by atoms with Crippen molar-refractivity contribution in [1.82, 2.24) is 34.8 Å². The number of likely N-dealkylation sites (tertiary alicyclic amines) is 1. The first-order valence-electron chi connectivity index (χ1n) is 12.9. The second-order valence-corrected chi connectivity index (χ2v) is 10.7. The van der Waals surface area contributed by atoms with E-state index in [4.69, 9.17) is 14.5 Å². The van der Waals surface area contributed by atoms with E-state index >= 15 is 4.39 Å². The van der Waals surface area contributed by atoms with Gasteiger partial charge in [0, 0.05) is 61.9 Å². The molecular formula is C25H33FN8O3. The Kier molecular flexibility index (Phi) is 6.23. The van der Waals surface area contributed by atoms with E-state index in [-0.39, 0.29) is 5.54 Å². The van der Waals surface area contributed by atoms with Gasteiger partial charge in [-0.1, -0.05) is 0 Å². The highest BCUT2D eigenvalue weighted by atomic mass is 19.1. The summed E-state index contributed by atoms with van der Waals surface area (Å²) in [5.74, 6) is 0.683. The lowest BCUT2D eigenvalue weighted by molar-refractivity contribution is 0.0171. The summed E-state index contributed by atoms with van der Waals surface area (Å²) in [6, 6.07) is 4.09. The summed E-state index contributed by atoms with van der Waals surface area (Å²) < 4.78 is 27.8. The van der Waals surface area contributed by atoms with Crippen molar-refractivity contribution in [2.24, 2.45) is 0 Å². The van der Waals surface area contributed by atoms with Gasteiger partial charge in [-0.15, -0.1) is 0 Å². The number of alkyl halides is 1. The van der Waals surface area contributed by atoms with Gasteiger partial charge in [0.2, 0.25) is 5.95 Å². The number of aromatic amines is 1. The molecule has 3 aliphatic rings. The van der Waals surface area contributed by atoms with E-state index in [0.717, 1.165) is 50.3 Å². The minimum Gasteiger partial charge on any atom is -0.443 e. The summed E-state index contributed by atoms with van der Waals surface area (Å²) in [6.07, 6.45) is 5.10. The number of ether oxygens (including phenoxy) is 2. The van der Waals surface area contributed by atoms with E-state index in [1.807, 2.05) is 23.6 Å². The second-order valence-electron chi connectivity index (χ2n) is 10.7. The Hall–Kier alpha value is -3.25. The maximum Gasteiger partial charge on any atom is 0.407 e. The zero-order chi connectivity index (χ0) is 25.6. The quantitative estimate of drug-likeness (QED) is 0.399. The smallest absolute Gasteiger partial charge is 0.407 e. The van der Waals surface area contributed by atoms with Crippen LogP contribution in [0.4, 0.5) is 21.0 Å². The molecule has 3 aromatic heterocycles. The fraction of sp³-hybridized carbons (Fsp3) is 0.600. The molecule has 198 valence electrons. The Morgan fingerprint density at radius 1 is 1.32 bits per heavy atom. The van der Waals surface area contributed by atoms with Gasteiger partial charge in [-0.2, -0.15) is 5.10 Å². The van der Waals surface area contributed by atoms with Crippen LogP contribution in [0, 0.1) is 0 Å². The van der Waals surface area contributed by atoms with Gasteiger partial charge in [0.15, 0.2) is 5.82 Å². The van der Waals surface area contributed by atoms with E-state index in [1.165, 1.54) is 0 Å². The van der Waals surface area contributed by atoms with Crippen LogP contribution in [0.3, 0.4) is 0 Å². The van der Waals surface area contributed by atoms with Crippen molar-refractivity contribution >= 4 is 23.5 Å². The highest BCUT2D eigenvalue weighted by molar-refractivity contribution is 5.69. The number of alkyl carbamates (subject to hydrolysis) is 1. The zero-order valence-electron chi connectivity index (χ0n) is 21.1. The molecule has 6 rings (SSSR count). The van der Waals surface area contributed by atoms with Crippen molar-refractivity contribution in [3.05, 3.63) is 35.9 Å². The molecule has 4 heterocycles. The maximum atomic E-state index is 15.2. The Balaban J connectivity index is 1.10. The van der Waals surface area contributed by atoms with E-state index in [2.05, 4.69) is 30.7 Å². The summed E-state index contributed by atoms with van der Waals surface area (Å²) in [4.78, 5) is 23.7. The number of amides is 1. The summed E-state index contributed by atoms with van der Waals surface area (Å²) in [5, 5.41) is 13.3. The third kappa shape index (κ3) is 4.99. The average molecular weight is 513 g/mol. The van der Waals surface area contributed by atoms with Crippen molar-refractivity contribution in [3.63, 3.8) is 0 Å². The summed E-state index contributed by atoms with van der Waals surface area (Å²) in [7, 11) is 1.73. The number of hydrogen-bond donors (Lipinski definition) is 3. The van der Waals surface area contributed by atoms with E-state index in [1.54, 1.807) is 19.4 Å². The Bertz CT molecular complexity index is 1270. The molecule has 0 radical (unpaired) electrons. The lowest BCUT2D eigenvalue weighted by Gasteiger charge is -2.40. The van der Waals surface area contributed by atoms with Crippen molar-refractivity contribution in [2.75, 3.05) is 25.6 Å². The number of aromatic nitrogens is 5. The van der Waals surface area contributed by atoms with Gasteiger partial charge >= 0.3 is 6.09 Å². The first kappa shape index (κ1) is 24.1. The number of rotatable bonds is 9. The number of anilines is 2. The number of nitrogens with one attached hydrogen (secondary N) is 3. The number of carbonyl (C=O) groups is 1. The molecular weight excluding hydrogens is 479 g/mol. The van der Waals surface area contributed by atoms with Crippen LogP contribution >= 0.6 is 0 Å². The maximum absolute atomic E-state index is 15.2. The Morgan fingerprint density at radius 2 is 2.19 bits per heavy atom. The molecule has 11 nitrogen and oxygen atoms in total. The molecule has 4 atom stereocenters. The highest BCUT2D eigenvalue weighted by Gasteiger charge is 2.43. The molecule has 1 aliphatic heterocycles. The summed E-state index contributed by atoms with van der Waals surface area (Å²) in [6.45, 7) is 4.47. The van der Waals surface area contributed by atoms with Crippen LogP contribution in [-0.4, -0.2) is 79.7 Å². The number of nitrogens with zero attached hydrogens (tertiary/aromatic N) is 5. The van der Waals surface area contributed by atoms with Crippen LogP contribution in [0.25, 0.3) is 5.65 Å². The van der Waals surface area contributed by atoms with Gasteiger partial charge in [-0.05, 0) is 45.1 Å². The van der Waals surface area contributed by atoms with Crippen molar-refractivity contribution in [3.8, 4) is 0 Å². The van der Waals surface area contributed by atoms with E-state index in [0.29, 0.717) is 36.3 Å². The van der Waals surface area contributed by atoms with Crippen LogP contribution in [-0.2, 0) is 16.0 Å². The molecule has 2 aliphatic carbocycles. The van der Waals surface area contributed by atoms with Gasteiger partial charge in [0.1, 0.15) is 17.9 Å². The normalized spacial score (nSPS) is 26.7. The molecule has 12 heteroatoms. The number of methoxy groups -OCH3 is 1. The van der Waals surface area contributed by atoms with Gasteiger partial charge in [-0.3, -0.25) is 14.4 Å². The molecule has 1 saturated heterocycles. The van der Waals surface area contributed by atoms with Gasteiger partial charge in [-0.25, -0.2) is 19.2 Å². The monoisotopic (exact) mass is 512 g/mol. The van der Waals surface area contributed by atoms with Crippen molar-refractivity contribution < 1.29 is 18.7 Å². The number of carbonyl (C=O) groups excluding carboxylic acids is 1. The minimum absolute atomic E-state index is 0.195. The molecule has 37 heavy (non-hydrogen) atoms. The number of imidazole rings is 1. The molecule has 2 saturated carbocycles. The van der Waals surface area contributed by atoms with E-state index < -0.39 is 24.3 Å². The van der Waals surface area contributed by atoms with Gasteiger partial charge in [0.25, 0.3) is 0 Å². The van der Waals surface area contributed by atoms with Crippen LogP contribution in [0.5, 0.6) is 0 Å². The van der Waals surface area contributed by atoms with Gasteiger partial charge < -0.3 is 20.1 Å². The third-order valence-electron chi connectivity index (χ3n) is 7.82. The largest absolute Gasteiger partial charge is 0.443 e. The minimum atomic E-state index is -1.30. The molecule has 3 N–H and O–H groups in total. The van der Waals surface area contributed by atoms with Crippen LogP contribution in [0.1, 0.15) is 56.3 Å². The summed E-state index contributed by atoms with van der Waals surface area (Å²) in [5.41, 5.74) is 2.21. The average Bonchev–Trinajstić information content (AvgIpc) is 3.22. The molecule has 0 aromatic carbocycles. The Labute approximate surface area is 214 Å².